The Bertz CT molecular complexity index is 696. The summed E-state index contributed by atoms with van der Waals surface area (Å²) in [5.74, 6) is 1.63. The van der Waals surface area contributed by atoms with E-state index in [1.54, 1.807) is 6.20 Å². The third-order valence-corrected chi connectivity index (χ3v) is 5.83. The molecule has 0 atom stereocenters. The van der Waals surface area contributed by atoms with E-state index in [-0.39, 0.29) is 0 Å². The van der Waals surface area contributed by atoms with E-state index in [9.17, 15) is 4.79 Å². The van der Waals surface area contributed by atoms with Crippen molar-refractivity contribution in [3.05, 3.63) is 30.2 Å². The lowest BCUT2D eigenvalue weighted by atomic mass is 9.92. The van der Waals surface area contributed by atoms with Crippen molar-refractivity contribution in [2.75, 3.05) is 13.1 Å². The number of hydrogen-bond acceptors (Lipinski definition) is 3. The summed E-state index contributed by atoms with van der Waals surface area (Å²) in [6.07, 6.45) is 12.9. The maximum atomic E-state index is 12.5. The third-order valence-electron chi connectivity index (χ3n) is 5.83. The van der Waals surface area contributed by atoms with Crippen LogP contribution in [0.3, 0.4) is 0 Å². The molecule has 0 aromatic carbocycles. The number of likely N-dealkylation sites (tertiary alicyclic amines) is 1. The standard InChI is InChI=1S/C19H26N4O/c24-19(6-5-15-3-1-2-4-15)22-13-9-16(10-14-22)17-7-11-20-18-8-12-21-23(17)18/h7-8,11-12,15-16H,1-6,9-10,13-14H2. The van der Waals surface area contributed by atoms with Crippen LogP contribution in [0.4, 0.5) is 0 Å². The molecule has 0 N–H and O–H groups in total. The van der Waals surface area contributed by atoms with Crippen LogP contribution in [-0.4, -0.2) is 38.5 Å². The van der Waals surface area contributed by atoms with Gasteiger partial charge in [0.1, 0.15) is 0 Å². The summed E-state index contributed by atoms with van der Waals surface area (Å²) in [5.41, 5.74) is 2.13. The predicted molar refractivity (Wildman–Crippen MR) is 92.7 cm³/mol. The molecule has 5 nitrogen and oxygen atoms in total. The molecule has 2 aromatic rings. The van der Waals surface area contributed by atoms with Crippen molar-refractivity contribution in [2.24, 2.45) is 5.92 Å². The van der Waals surface area contributed by atoms with Crippen molar-refractivity contribution in [1.82, 2.24) is 19.5 Å². The minimum Gasteiger partial charge on any atom is -0.343 e. The maximum Gasteiger partial charge on any atom is 0.222 e. The molecule has 1 aliphatic heterocycles. The van der Waals surface area contributed by atoms with E-state index in [0.717, 1.165) is 50.3 Å². The van der Waals surface area contributed by atoms with Crippen molar-refractivity contribution in [1.29, 1.82) is 0 Å². The van der Waals surface area contributed by atoms with Crippen molar-refractivity contribution >= 4 is 11.6 Å². The number of nitrogens with zero attached hydrogens (tertiary/aromatic N) is 4. The number of rotatable bonds is 4. The van der Waals surface area contributed by atoms with Gasteiger partial charge in [-0.3, -0.25) is 4.79 Å². The van der Waals surface area contributed by atoms with Gasteiger partial charge in [-0.2, -0.15) is 5.10 Å². The van der Waals surface area contributed by atoms with Crippen molar-refractivity contribution in [3.63, 3.8) is 0 Å². The summed E-state index contributed by atoms with van der Waals surface area (Å²) in [6.45, 7) is 1.75. The van der Waals surface area contributed by atoms with Gasteiger partial charge in [-0.25, -0.2) is 9.50 Å². The van der Waals surface area contributed by atoms with Gasteiger partial charge in [-0.1, -0.05) is 25.7 Å². The molecule has 5 heteroatoms. The summed E-state index contributed by atoms with van der Waals surface area (Å²) in [7, 11) is 0. The van der Waals surface area contributed by atoms with Gasteiger partial charge in [0.25, 0.3) is 0 Å². The second-order valence-corrected chi connectivity index (χ2v) is 7.32. The lowest BCUT2D eigenvalue weighted by Gasteiger charge is -2.32. The van der Waals surface area contributed by atoms with Gasteiger partial charge in [0, 0.05) is 43.4 Å². The van der Waals surface area contributed by atoms with Crippen LogP contribution in [0.2, 0.25) is 0 Å². The molecule has 1 amide bonds. The van der Waals surface area contributed by atoms with E-state index in [1.165, 1.54) is 31.4 Å². The highest BCUT2D eigenvalue weighted by Gasteiger charge is 2.26. The Morgan fingerprint density at radius 3 is 2.67 bits per heavy atom. The summed E-state index contributed by atoms with van der Waals surface area (Å²) in [5, 5.41) is 4.40. The summed E-state index contributed by atoms with van der Waals surface area (Å²) in [4.78, 5) is 18.9. The molecule has 1 saturated carbocycles. The summed E-state index contributed by atoms with van der Waals surface area (Å²) >= 11 is 0. The topological polar surface area (TPSA) is 50.5 Å². The minimum atomic E-state index is 0.360. The molecular weight excluding hydrogens is 300 g/mol. The highest BCUT2D eigenvalue weighted by Crippen LogP contribution is 2.30. The highest BCUT2D eigenvalue weighted by atomic mass is 16.2. The molecule has 128 valence electrons. The van der Waals surface area contributed by atoms with Crippen LogP contribution in [0.5, 0.6) is 0 Å². The fourth-order valence-corrected chi connectivity index (χ4v) is 4.37. The maximum absolute atomic E-state index is 12.5. The van der Waals surface area contributed by atoms with E-state index < -0.39 is 0 Å². The van der Waals surface area contributed by atoms with Crippen LogP contribution >= 0.6 is 0 Å². The average Bonchev–Trinajstić information content (AvgIpc) is 3.31. The van der Waals surface area contributed by atoms with Gasteiger partial charge in [0.2, 0.25) is 5.91 Å². The van der Waals surface area contributed by atoms with E-state index in [0.29, 0.717) is 11.8 Å². The number of fused-ring (bicyclic) bond motifs is 1. The first-order valence-electron chi connectivity index (χ1n) is 9.37. The zero-order valence-electron chi connectivity index (χ0n) is 14.2. The largest absolute Gasteiger partial charge is 0.343 e. The Kier molecular flexibility index (Phi) is 4.50. The lowest BCUT2D eigenvalue weighted by Crippen LogP contribution is -2.38. The zero-order chi connectivity index (χ0) is 16.4. The second kappa shape index (κ2) is 6.91. The van der Waals surface area contributed by atoms with Crippen LogP contribution in [0, 0.1) is 5.92 Å². The van der Waals surface area contributed by atoms with Crippen molar-refractivity contribution in [2.45, 2.75) is 57.3 Å². The highest BCUT2D eigenvalue weighted by molar-refractivity contribution is 5.76. The fraction of sp³-hybridized carbons (Fsp3) is 0.632. The Balaban J connectivity index is 1.33. The van der Waals surface area contributed by atoms with Gasteiger partial charge >= 0.3 is 0 Å². The number of aromatic nitrogens is 3. The van der Waals surface area contributed by atoms with Crippen LogP contribution in [0.25, 0.3) is 5.65 Å². The molecule has 0 spiro atoms. The summed E-state index contributed by atoms with van der Waals surface area (Å²) < 4.78 is 1.95. The molecule has 2 aromatic heterocycles. The molecule has 0 radical (unpaired) electrons. The van der Waals surface area contributed by atoms with Crippen LogP contribution in [-0.2, 0) is 4.79 Å². The minimum absolute atomic E-state index is 0.360. The Morgan fingerprint density at radius 2 is 1.88 bits per heavy atom. The van der Waals surface area contributed by atoms with Gasteiger partial charge in [0.05, 0.1) is 6.20 Å². The van der Waals surface area contributed by atoms with Gasteiger partial charge < -0.3 is 4.90 Å². The quantitative estimate of drug-likeness (QED) is 0.865. The monoisotopic (exact) mass is 326 g/mol. The predicted octanol–water partition coefficient (Wildman–Crippen LogP) is 3.41. The molecule has 2 aliphatic rings. The number of piperidine rings is 1. The van der Waals surface area contributed by atoms with Crippen LogP contribution in [0.15, 0.2) is 24.5 Å². The number of hydrogen-bond donors (Lipinski definition) is 0. The molecule has 0 bridgehead atoms. The van der Waals surface area contributed by atoms with Crippen LogP contribution < -0.4 is 0 Å². The van der Waals surface area contributed by atoms with E-state index in [1.807, 2.05) is 16.8 Å². The normalized spacial score (nSPS) is 20.1. The molecule has 2 fully saturated rings. The number of carbonyl (C=O) groups excluding carboxylic acids is 1. The van der Waals surface area contributed by atoms with Crippen molar-refractivity contribution < 1.29 is 4.79 Å². The van der Waals surface area contributed by atoms with E-state index >= 15 is 0 Å². The molecule has 1 saturated heterocycles. The molecule has 0 unspecified atom stereocenters. The number of carbonyl (C=O) groups is 1. The molecule has 3 heterocycles. The van der Waals surface area contributed by atoms with Crippen LogP contribution in [0.1, 0.15) is 63.0 Å². The molecule has 1 aliphatic carbocycles. The Labute approximate surface area is 143 Å². The average molecular weight is 326 g/mol. The second-order valence-electron chi connectivity index (χ2n) is 7.32. The van der Waals surface area contributed by atoms with E-state index in [2.05, 4.69) is 21.0 Å². The lowest BCUT2D eigenvalue weighted by molar-refractivity contribution is -0.132. The Hall–Kier alpha value is -1.91. The van der Waals surface area contributed by atoms with Gasteiger partial charge in [0.15, 0.2) is 5.65 Å². The smallest absolute Gasteiger partial charge is 0.222 e. The first-order valence-corrected chi connectivity index (χ1v) is 9.37. The fourth-order valence-electron chi connectivity index (χ4n) is 4.37. The Morgan fingerprint density at radius 1 is 1.08 bits per heavy atom. The molecule has 24 heavy (non-hydrogen) atoms. The first kappa shape index (κ1) is 15.6. The van der Waals surface area contributed by atoms with Crippen molar-refractivity contribution in [3.8, 4) is 0 Å². The van der Waals surface area contributed by atoms with Gasteiger partial charge in [-0.05, 0) is 31.2 Å². The van der Waals surface area contributed by atoms with Gasteiger partial charge in [-0.15, -0.1) is 0 Å². The van der Waals surface area contributed by atoms with E-state index in [4.69, 9.17) is 0 Å². The third kappa shape index (κ3) is 3.17. The first-order chi connectivity index (χ1) is 11.8. The molecular formula is C19H26N4O. The molecule has 4 rings (SSSR count). The number of amides is 1. The zero-order valence-corrected chi connectivity index (χ0v) is 14.2. The SMILES string of the molecule is O=C(CCC1CCCC1)N1CCC(c2ccnc3ccnn23)CC1. The summed E-state index contributed by atoms with van der Waals surface area (Å²) in [6, 6.07) is 4.01.